The second-order valence-electron chi connectivity index (χ2n) is 8.00. The molecule has 3 aromatic carbocycles. The van der Waals surface area contributed by atoms with E-state index >= 15 is 0 Å². The quantitative estimate of drug-likeness (QED) is 0.518. The standard InChI is InChI=1S/C24H24FN3O4S2/c1-3-33(29,30)27-21-6-4-5-19(15-21)23-16-24(18-9-11-20(25)12-10-18)28(26-23)34(31,32)22-13-7-17(2)8-14-22/h4-15,24,27H,3,16H2,1-2H3/t24-/m0/s1. The average Bonchev–Trinajstić information content (AvgIpc) is 3.26. The SMILES string of the molecule is CCS(=O)(=O)Nc1cccc(C2=NN(S(=O)(=O)c3ccc(C)cc3)[C@H](c3ccc(F)cc3)C2)c1. The van der Waals surface area contributed by atoms with Gasteiger partial charge in [0.1, 0.15) is 5.82 Å². The lowest BCUT2D eigenvalue weighted by Crippen LogP contribution is -2.27. The second-order valence-corrected chi connectivity index (χ2v) is 11.8. The molecule has 0 saturated heterocycles. The lowest BCUT2D eigenvalue weighted by atomic mass is 9.99. The van der Waals surface area contributed by atoms with Gasteiger partial charge >= 0.3 is 0 Å². The van der Waals surface area contributed by atoms with E-state index in [9.17, 15) is 21.2 Å². The number of rotatable bonds is 7. The van der Waals surface area contributed by atoms with Gasteiger partial charge in [-0.15, -0.1) is 0 Å². The molecule has 0 saturated carbocycles. The third-order valence-electron chi connectivity index (χ3n) is 5.54. The Labute approximate surface area is 199 Å². The summed E-state index contributed by atoms with van der Waals surface area (Å²) in [5.74, 6) is -0.500. The molecule has 0 bridgehead atoms. The van der Waals surface area contributed by atoms with Crippen LogP contribution in [0.25, 0.3) is 0 Å². The fraction of sp³-hybridized carbons (Fsp3) is 0.208. The van der Waals surface area contributed by atoms with Gasteiger partial charge in [0, 0.05) is 12.1 Å². The van der Waals surface area contributed by atoms with Crippen molar-refractivity contribution < 1.29 is 21.2 Å². The van der Waals surface area contributed by atoms with Crippen molar-refractivity contribution in [2.24, 2.45) is 5.10 Å². The number of nitrogens with zero attached hydrogens (tertiary/aromatic N) is 2. The van der Waals surface area contributed by atoms with Crippen molar-refractivity contribution in [3.8, 4) is 0 Å². The number of aryl methyl sites for hydroxylation is 1. The van der Waals surface area contributed by atoms with Crippen LogP contribution in [0.4, 0.5) is 10.1 Å². The zero-order valence-corrected chi connectivity index (χ0v) is 20.3. The molecule has 0 amide bonds. The molecule has 0 radical (unpaired) electrons. The van der Waals surface area contributed by atoms with E-state index in [0.717, 1.165) is 9.98 Å². The molecule has 1 atom stereocenters. The fourth-order valence-electron chi connectivity index (χ4n) is 3.65. The monoisotopic (exact) mass is 501 g/mol. The maximum absolute atomic E-state index is 13.5. The first-order valence-electron chi connectivity index (χ1n) is 10.6. The number of anilines is 1. The number of sulfonamides is 2. The van der Waals surface area contributed by atoms with Gasteiger partial charge in [-0.3, -0.25) is 4.72 Å². The number of hydrazone groups is 1. The van der Waals surface area contributed by atoms with Crippen LogP contribution in [-0.2, 0) is 20.0 Å². The second kappa shape index (κ2) is 9.19. The molecule has 3 aromatic rings. The summed E-state index contributed by atoms with van der Waals surface area (Å²) in [6.07, 6.45) is 0.237. The van der Waals surface area contributed by atoms with Gasteiger partial charge in [-0.25, -0.2) is 12.8 Å². The van der Waals surface area contributed by atoms with Crippen molar-refractivity contribution in [3.05, 3.63) is 95.3 Å². The smallest absolute Gasteiger partial charge is 0.279 e. The van der Waals surface area contributed by atoms with Crippen LogP contribution in [-0.4, -0.2) is 32.7 Å². The molecule has 1 aliphatic heterocycles. The van der Waals surface area contributed by atoms with Gasteiger partial charge in [0.05, 0.1) is 22.4 Å². The molecule has 0 unspecified atom stereocenters. The van der Waals surface area contributed by atoms with Gasteiger partial charge in [0.15, 0.2) is 0 Å². The van der Waals surface area contributed by atoms with Crippen LogP contribution in [0.3, 0.4) is 0 Å². The Hall–Kier alpha value is -3.24. The van der Waals surface area contributed by atoms with E-state index in [1.54, 1.807) is 48.5 Å². The number of nitrogens with one attached hydrogen (secondary N) is 1. The topological polar surface area (TPSA) is 95.9 Å². The molecule has 1 N–H and O–H groups in total. The molecular weight excluding hydrogens is 477 g/mol. The highest BCUT2D eigenvalue weighted by atomic mass is 32.2. The predicted octanol–water partition coefficient (Wildman–Crippen LogP) is 4.44. The van der Waals surface area contributed by atoms with Crippen molar-refractivity contribution in [2.45, 2.75) is 31.2 Å². The summed E-state index contributed by atoms with van der Waals surface area (Å²) < 4.78 is 68.1. The van der Waals surface area contributed by atoms with E-state index in [-0.39, 0.29) is 17.1 Å². The molecule has 1 heterocycles. The van der Waals surface area contributed by atoms with Crippen LogP contribution in [0.1, 0.15) is 36.1 Å². The first kappa shape index (κ1) is 23.9. The van der Waals surface area contributed by atoms with Crippen LogP contribution in [0.5, 0.6) is 0 Å². The molecule has 0 fully saturated rings. The highest BCUT2D eigenvalue weighted by Crippen LogP contribution is 2.37. The third kappa shape index (κ3) is 4.97. The van der Waals surface area contributed by atoms with E-state index in [4.69, 9.17) is 0 Å². The van der Waals surface area contributed by atoms with Crippen LogP contribution in [0, 0.1) is 12.7 Å². The fourth-order valence-corrected chi connectivity index (χ4v) is 5.71. The number of benzene rings is 3. The van der Waals surface area contributed by atoms with Crippen molar-refractivity contribution in [1.82, 2.24) is 4.41 Å². The molecule has 4 rings (SSSR count). The van der Waals surface area contributed by atoms with E-state index < -0.39 is 31.9 Å². The summed E-state index contributed by atoms with van der Waals surface area (Å²) in [7, 11) is -7.48. The van der Waals surface area contributed by atoms with E-state index in [1.807, 2.05) is 6.92 Å². The highest BCUT2D eigenvalue weighted by Gasteiger charge is 2.37. The largest absolute Gasteiger partial charge is 0.284 e. The van der Waals surface area contributed by atoms with Crippen LogP contribution in [0.2, 0.25) is 0 Å². The Kier molecular flexibility index (Phi) is 6.46. The zero-order chi connectivity index (χ0) is 24.5. The molecule has 178 valence electrons. The van der Waals surface area contributed by atoms with Gasteiger partial charge in [-0.2, -0.15) is 17.9 Å². The maximum atomic E-state index is 13.5. The molecule has 0 aliphatic carbocycles. The van der Waals surface area contributed by atoms with Crippen LogP contribution >= 0.6 is 0 Å². The van der Waals surface area contributed by atoms with Crippen molar-refractivity contribution in [3.63, 3.8) is 0 Å². The Morgan fingerprint density at radius 3 is 2.32 bits per heavy atom. The lowest BCUT2D eigenvalue weighted by Gasteiger charge is -2.23. The van der Waals surface area contributed by atoms with Gasteiger partial charge in [-0.1, -0.05) is 42.0 Å². The summed E-state index contributed by atoms with van der Waals surface area (Å²) >= 11 is 0. The number of halogens is 1. The minimum atomic E-state index is -4.01. The first-order valence-corrected chi connectivity index (χ1v) is 13.7. The van der Waals surface area contributed by atoms with Gasteiger partial charge in [0.25, 0.3) is 10.0 Å². The molecule has 0 aromatic heterocycles. The minimum Gasteiger partial charge on any atom is -0.284 e. The van der Waals surface area contributed by atoms with Crippen molar-refractivity contribution in [2.75, 3.05) is 10.5 Å². The number of hydrogen-bond donors (Lipinski definition) is 1. The summed E-state index contributed by atoms with van der Waals surface area (Å²) in [5.41, 5.74) is 2.94. The van der Waals surface area contributed by atoms with Crippen LogP contribution < -0.4 is 4.72 Å². The van der Waals surface area contributed by atoms with E-state index in [0.29, 0.717) is 22.5 Å². The molecule has 1 aliphatic rings. The molecule has 34 heavy (non-hydrogen) atoms. The molecule has 0 spiro atoms. The summed E-state index contributed by atoms with van der Waals surface area (Å²) in [5, 5.41) is 4.46. The highest BCUT2D eigenvalue weighted by molar-refractivity contribution is 7.92. The normalized spacial score (nSPS) is 16.4. The van der Waals surface area contributed by atoms with Crippen LogP contribution in [0.15, 0.2) is 82.8 Å². The molecular formula is C24H24FN3O4S2. The summed E-state index contributed by atoms with van der Waals surface area (Å²) in [6, 6.07) is 18.1. The Morgan fingerprint density at radius 2 is 1.68 bits per heavy atom. The van der Waals surface area contributed by atoms with E-state index in [2.05, 4.69) is 9.82 Å². The summed E-state index contributed by atoms with van der Waals surface area (Å²) in [4.78, 5) is 0.0969. The third-order valence-corrected chi connectivity index (χ3v) is 8.54. The molecule has 7 nitrogen and oxygen atoms in total. The Morgan fingerprint density at radius 1 is 1.00 bits per heavy atom. The molecule has 10 heteroatoms. The van der Waals surface area contributed by atoms with Gasteiger partial charge in [0.2, 0.25) is 10.0 Å². The minimum absolute atomic E-state index is 0.0760. The Balaban J connectivity index is 1.76. The predicted molar refractivity (Wildman–Crippen MR) is 130 cm³/mol. The number of hydrogen-bond acceptors (Lipinski definition) is 5. The summed E-state index contributed by atoms with van der Waals surface area (Å²) in [6.45, 7) is 3.40. The first-order chi connectivity index (χ1) is 16.1. The van der Waals surface area contributed by atoms with Crippen molar-refractivity contribution in [1.29, 1.82) is 0 Å². The average molecular weight is 502 g/mol. The maximum Gasteiger partial charge on any atom is 0.279 e. The van der Waals surface area contributed by atoms with Crippen molar-refractivity contribution >= 4 is 31.4 Å². The zero-order valence-electron chi connectivity index (χ0n) is 18.6. The lowest BCUT2D eigenvalue weighted by molar-refractivity contribution is 0.371. The van der Waals surface area contributed by atoms with E-state index in [1.165, 1.54) is 31.2 Å². The van der Waals surface area contributed by atoms with Gasteiger partial charge < -0.3 is 0 Å². The van der Waals surface area contributed by atoms with Gasteiger partial charge in [-0.05, 0) is 61.4 Å². The Bertz CT molecular complexity index is 1440.